The molecule has 0 spiro atoms. The Labute approximate surface area is 272 Å². The summed E-state index contributed by atoms with van der Waals surface area (Å²) in [6, 6.07) is 15.0. The molecule has 2 fully saturated rings. The molecule has 0 radical (unpaired) electrons. The van der Waals surface area contributed by atoms with Gasteiger partial charge in [0.05, 0.1) is 5.39 Å². The topological polar surface area (TPSA) is 100 Å². The van der Waals surface area contributed by atoms with Gasteiger partial charge < -0.3 is 25.2 Å². The number of benzene rings is 2. The molecule has 2 saturated heterocycles. The second kappa shape index (κ2) is 13.3. The first-order valence-corrected chi connectivity index (χ1v) is 16.6. The molecule has 2 aromatic carbocycles. The molecule has 0 unspecified atom stereocenters. The number of carbonyl (C=O) groups is 1. The predicted octanol–water partition coefficient (Wildman–Crippen LogP) is 7.29. The summed E-state index contributed by atoms with van der Waals surface area (Å²) in [5.74, 6) is 2.52. The Bertz CT molecular complexity index is 1640. The summed E-state index contributed by atoms with van der Waals surface area (Å²) in [4.78, 5) is 26.3. The van der Waals surface area contributed by atoms with Gasteiger partial charge in [0.2, 0.25) is 5.95 Å². The van der Waals surface area contributed by atoms with Crippen molar-refractivity contribution in [2.45, 2.75) is 71.8 Å². The molecule has 4 aromatic rings. The quantitative estimate of drug-likeness (QED) is 0.221. The van der Waals surface area contributed by atoms with E-state index in [0.717, 1.165) is 73.8 Å². The summed E-state index contributed by atoms with van der Waals surface area (Å²) in [7, 11) is 1.91. The Morgan fingerprint density at radius 3 is 2.26 bits per heavy atom. The smallest absolute Gasteiger partial charge is 0.410 e. The van der Waals surface area contributed by atoms with E-state index < -0.39 is 5.60 Å². The van der Waals surface area contributed by atoms with Gasteiger partial charge in [-0.3, -0.25) is 0 Å². The van der Waals surface area contributed by atoms with Crippen molar-refractivity contribution < 1.29 is 9.53 Å². The largest absolute Gasteiger partial charge is 0.444 e. The molecule has 10 heteroatoms. The van der Waals surface area contributed by atoms with Crippen LogP contribution < -0.4 is 10.6 Å². The Balaban J connectivity index is 0.994. The van der Waals surface area contributed by atoms with Crippen molar-refractivity contribution in [1.82, 2.24) is 29.5 Å². The fraction of sp³-hybridized carbons (Fsp3) is 0.500. The zero-order chi connectivity index (χ0) is 32.4. The molecule has 1 amide bonds. The first-order chi connectivity index (χ1) is 22.0. The monoisotopic (exact) mass is 624 g/mol. The van der Waals surface area contributed by atoms with Gasteiger partial charge in [-0.25, -0.2) is 14.5 Å². The summed E-state index contributed by atoms with van der Waals surface area (Å²) >= 11 is 0. The van der Waals surface area contributed by atoms with Crippen molar-refractivity contribution >= 4 is 40.3 Å². The number of hydrogen-bond acceptors (Lipinski definition) is 8. The Hall–Kier alpha value is -4.18. The van der Waals surface area contributed by atoms with E-state index in [-0.39, 0.29) is 6.09 Å². The van der Waals surface area contributed by atoms with Crippen LogP contribution in [0.5, 0.6) is 0 Å². The number of nitrogens with one attached hydrogen (secondary N) is 2. The van der Waals surface area contributed by atoms with Crippen molar-refractivity contribution in [1.29, 1.82) is 0 Å². The second-order valence-corrected chi connectivity index (χ2v) is 14.0. The lowest BCUT2D eigenvalue weighted by Gasteiger charge is -2.38. The van der Waals surface area contributed by atoms with Crippen molar-refractivity contribution in [3.05, 3.63) is 65.4 Å². The molecular weight excluding hydrogens is 576 g/mol. The normalized spacial score (nSPS) is 17.0. The number of rotatable bonds is 7. The van der Waals surface area contributed by atoms with Gasteiger partial charge in [-0.1, -0.05) is 30.3 Å². The van der Waals surface area contributed by atoms with E-state index in [1.54, 1.807) is 4.68 Å². The van der Waals surface area contributed by atoms with E-state index in [0.29, 0.717) is 17.8 Å². The number of anilines is 4. The van der Waals surface area contributed by atoms with Gasteiger partial charge >= 0.3 is 6.09 Å². The number of amides is 1. The first-order valence-electron chi connectivity index (χ1n) is 16.6. The highest BCUT2D eigenvalue weighted by atomic mass is 16.6. The molecule has 2 N–H and O–H groups in total. The van der Waals surface area contributed by atoms with Gasteiger partial charge in [0.1, 0.15) is 5.60 Å². The molecule has 2 aliphatic rings. The maximum atomic E-state index is 12.4. The van der Waals surface area contributed by atoms with E-state index in [4.69, 9.17) is 9.72 Å². The number of ether oxygens (including phenoxy) is 1. The zero-order valence-corrected chi connectivity index (χ0v) is 28.1. The van der Waals surface area contributed by atoms with Gasteiger partial charge in [0, 0.05) is 44.3 Å². The van der Waals surface area contributed by atoms with Crippen LogP contribution in [0.4, 0.5) is 27.9 Å². The molecule has 4 heterocycles. The molecule has 2 aliphatic heterocycles. The van der Waals surface area contributed by atoms with E-state index in [1.807, 2.05) is 38.9 Å². The number of para-hydroxylation sites is 1. The predicted molar refractivity (Wildman–Crippen MR) is 184 cm³/mol. The van der Waals surface area contributed by atoms with Gasteiger partial charge in [-0.15, -0.1) is 0 Å². The summed E-state index contributed by atoms with van der Waals surface area (Å²) < 4.78 is 7.35. The van der Waals surface area contributed by atoms with Crippen LogP contribution in [0.1, 0.15) is 69.1 Å². The van der Waals surface area contributed by atoms with E-state index in [2.05, 4.69) is 81.9 Å². The number of nitrogens with zero attached hydrogens (tertiary/aromatic N) is 6. The van der Waals surface area contributed by atoms with Crippen LogP contribution in [0.3, 0.4) is 0 Å². The Kier molecular flexibility index (Phi) is 9.18. The SMILES string of the molecule is Cc1cccc(C)c1Nc1nn(C)c2nc(Nc3ccc(C4CCN(CC5CCN(C(=O)OC(C)(C)C)CC5)CC4)cc3)ncc12. The molecule has 0 atom stereocenters. The van der Waals surface area contributed by atoms with Crippen molar-refractivity contribution in [2.75, 3.05) is 43.4 Å². The summed E-state index contributed by atoms with van der Waals surface area (Å²) in [6.07, 6.45) is 6.10. The Morgan fingerprint density at radius 2 is 1.61 bits per heavy atom. The zero-order valence-electron chi connectivity index (χ0n) is 28.1. The van der Waals surface area contributed by atoms with Gasteiger partial charge in [-0.05, 0) is 114 Å². The number of likely N-dealkylation sites (tertiary alicyclic amines) is 2. The Morgan fingerprint density at radius 1 is 0.935 bits per heavy atom. The summed E-state index contributed by atoms with van der Waals surface area (Å²) in [5.41, 5.74) is 6.08. The highest BCUT2D eigenvalue weighted by Gasteiger charge is 2.29. The molecule has 2 aromatic heterocycles. The number of aromatic nitrogens is 4. The fourth-order valence-corrected chi connectivity index (χ4v) is 6.73. The average molecular weight is 625 g/mol. The number of piperidine rings is 2. The van der Waals surface area contributed by atoms with Crippen LogP contribution in [-0.2, 0) is 11.8 Å². The third-order valence-corrected chi connectivity index (χ3v) is 9.31. The van der Waals surface area contributed by atoms with Gasteiger partial charge in [0.15, 0.2) is 11.5 Å². The molecule has 0 saturated carbocycles. The van der Waals surface area contributed by atoms with Crippen LogP contribution in [-0.4, -0.2) is 74.0 Å². The minimum Gasteiger partial charge on any atom is -0.444 e. The summed E-state index contributed by atoms with van der Waals surface area (Å²) in [5, 5.41) is 12.4. The van der Waals surface area contributed by atoms with Crippen LogP contribution >= 0.6 is 0 Å². The lowest BCUT2D eigenvalue weighted by atomic mass is 9.88. The molecule has 0 bridgehead atoms. The maximum absolute atomic E-state index is 12.4. The molecular formula is C36H48N8O2. The minimum atomic E-state index is -0.441. The third kappa shape index (κ3) is 7.44. The molecule has 46 heavy (non-hydrogen) atoms. The highest BCUT2D eigenvalue weighted by molar-refractivity contribution is 5.90. The molecule has 10 nitrogen and oxygen atoms in total. The highest BCUT2D eigenvalue weighted by Crippen LogP contribution is 2.32. The van der Waals surface area contributed by atoms with Gasteiger partial charge in [-0.2, -0.15) is 10.1 Å². The van der Waals surface area contributed by atoms with E-state index >= 15 is 0 Å². The van der Waals surface area contributed by atoms with Crippen LogP contribution in [0.2, 0.25) is 0 Å². The number of carbonyl (C=O) groups excluding carboxylic acids is 1. The van der Waals surface area contributed by atoms with Gasteiger partial charge in [0.25, 0.3) is 0 Å². The molecule has 244 valence electrons. The number of aryl methyl sites for hydroxylation is 3. The molecule has 6 rings (SSSR count). The molecule has 0 aliphatic carbocycles. The fourth-order valence-electron chi connectivity index (χ4n) is 6.73. The number of fused-ring (bicyclic) bond motifs is 1. The van der Waals surface area contributed by atoms with Crippen LogP contribution in [0.25, 0.3) is 11.0 Å². The summed E-state index contributed by atoms with van der Waals surface area (Å²) in [6.45, 7) is 14.9. The van der Waals surface area contributed by atoms with Crippen molar-refractivity contribution in [3.8, 4) is 0 Å². The number of hydrogen-bond donors (Lipinski definition) is 2. The van der Waals surface area contributed by atoms with Crippen molar-refractivity contribution in [2.24, 2.45) is 13.0 Å². The second-order valence-electron chi connectivity index (χ2n) is 14.0. The average Bonchev–Trinajstić information content (AvgIpc) is 3.33. The minimum absolute atomic E-state index is 0.175. The van der Waals surface area contributed by atoms with Crippen LogP contribution in [0, 0.1) is 19.8 Å². The third-order valence-electron chi connectivity index (χ3n) is 9.31. The van der Waals surface area contributed by atoms with E-state index in [9.17, 15) is 4.79 Å². The lowest BCUT2D eigenvalue weighted by Crippen LogP contribution is -2.44. The standard InChI is InChI=1S/C36H48N8O2/c1-24-8-7-9-25(2)31(24)39-32-30-22-37-34(40-33(30)42(6)41-32)38-29-12-10-27(11-13-29)28-16-18-43(19-17-28)23-26-14-20-44(21-15-26)35(45)46-36(3,4)5/h7-13,22,26,28H,14-21,23H2,1-6H3,(H,39,41)(H,37,38,40). The van der Waals surface area contributed by atoms with Crippen LogP contribution in [0.15, 0.2) is 48.7 Å². The van der Waals surface area contributed by atoms with E-state index in [1.165, 1.54) is 29.5 Å². The lowest BCUT2D eigenvalue weighted by molar-refractivity contribution is 0.0166. The first kappa shape index (κ1) is 31.8. The maximum Gasteiger partial charge on any atom is 0.410 e. The van der Waals surface area contributed by atoms with Crippen molar-refractivity contribution in [3.63, 3.8) is 0 Å².